The molecule has 1 fully saturated rings. The van der Waals surface area contributed by atoms with Crippen LogP contribution in [0, 0.1) is 12.8 Å². The lowest BCUT2D eigenvalue weighted by Gasteiger charge is -2.19. The average molecular weight is 420 g/mol. The Morgan fingerprint density at radius 1 is 1.12 bits per heavy atom. The molecule has 2 N–H and O–H groups in total. The number of aromatic nitrogens is 1. The third kappa shape index (κ3) is 4.60. The minimum atomic E-state index is 0.669. The Morgan fingerprint density at radius 3 is 2.91 bits per heavy atom. The van der Waals surface area contributed by atoms with Crippen molar-refractivity contribution in [2.45, 2.75) is 26.2 Å². The molecule has 1 aromatic heterocycles. The summed E-state index contributed by atoms with van der Waals surface area (Å²) in [5.74, 6) is 0.669. The standard InChI is InChI=1S/C29H29N3/c1-21-5-2-9-28(32-21)29-27(8-4-16-31-29)25-13-12-24-7-3-6-23(19-26(24)20-25)11-10-22-14-17-30-18-15-22/h2-6,9-13,16,19-20,22,30-31H,8,14-15,17-18H2,1H3/b11-10+. The van der Waals surface area contributed by atoms with Gasteiger partial charge in [-0.1, -0.05) is 30.4 Å². The fourth-order valence-electron chi connectivity index (χ4n) is 4.53. The van der Waals surface area contributed by atoms with Gasteiger partial charge >= 0.3 is 0 Å². The number of pyridine rings is 1. The molecule has 3 aliphatic rings. The van der Waals surface area contributed by atoms with Crippen LogP contribution in [0.3, 0.4) is 0 Å². The summed E-state index contributed by atoms with van der Waals surface area (Å²) < 4.78 is 0. The van der Waals surface area contributed by atoms with Gasteiger partial charge in [-0.15, -0.1) is 5.73 Å². The van der Waals surface area contributed by atoms with E-state index < -0.39 is 0 Å². The van der Waals surface area contributed by atoms with E-state index in [2.05, 4.69) is 77.1 Å². The minimum Gasteiger partial charge on any atom is -0.360 e. The summed E-state index contributed by atoms with van der Waals surface area (Å²) in [5.41, 5.74) is 10.3. The zero-order valence-electron chi connectivity index (χ0n) is 18.6. The first-order valence-corrected chi connectivity index (χ1v) is 11.5. The van der Waals surface area contributed by atoms with Crippen LogP contribution in [0.15, 0.2) is 78.6 Å². The van der Waals surface area contributed by atoms with E-state index in [4.69, 9.17) is 4.98 Å². The summed E-state index contributed by atoms with van der Waals surface area (Å²) >= 11 is 0. The molecule has 32 heavy (non-hydrogen) atoms. The summed E-state index contributed by atoms with van der Waals surface area (Å²) in [7, 11) is 0. The summed E-state index contributed by atoms with van der Waals surface area (Å²) in [6.07, 6.45) is 18.6. The van der Waals surface area contributed by atoms with Gasteiger partial charge in [-0.05, 0) is 116 Å². The van der Waals surface area contributed by atoms with E-state index in [1.807, 2.05) is 25.3 Å². The molecule has 1 aromatic carbocycles. The predicted octanol–water partition coefficient (Wildman–Crippen LogP) is 3.98. The molecule has 1 saturated heterocycles. The molecule has 2 aromatic rings. The molecule has 0 unspecified atom stereocenters. The molecule has 5 rings (SSSR count). The number of allylic oxidation sites excluding steroid dienone is 7. The normalized spacial score (nSPS) is 18.5. The van der Waals surface area contributed by atoms with Gasteiger partial charge in [-0.3, -0.25) is 4.98 Å². The fourth-order valence-corrected chi connectivity index (χ4v) is 4.53. The van der Waals surface area contributed by atoms with Crippen molar-refractivity contribution >= 4 is 23.1 Å². The Balaban J connectivity index is 1.52. The van der Waals surface area contributed by atoms with E-state index in [0.29, 0.717) is 5.92 Å². The molecular weight excluding hydrogens is 390 g/mol. The van der Waals surface area contributed by atoms with E-state index in [1.165, 1.54) is 34.8 Å². The second-order valence-corrected chi connectivity index (χ2v) is 8.64. The van der Waals surface area contributed by atoms with Gasteiger partial charge in [0.15, 0.2) is 0 Å². The van der Waals surface area contributed by atoms with Crippen LogP contribution in [0.5, 0.6) is 0 Å². The van der Waals surface area contributed by atoms with E-state index in [9.17, 15) is 0 Å². The van der Waals surface area contributed by atoms with Gasteiger partial charge in [-0.2, -0.15) is 0 Å². The Hall–Kier alpha value is -3.39. The van der Waals surface area contributed by atoms with Crippen LogP contribution >= 0.6 is 0 Å². The number of benzene rings is 1. The van der Waals surface area contributed by atoms with Gasteiger partial charge in [0, 0.05) is 10.9 Å². The highest BCUT2D eigenvalue weighted by Gasteiger charge is 2.14. The number of fused-ring (bicyclic) bond motifs is 1. The quantitative estimate of drug-likeness (QED) is 0.787. The van der Waals surface area contributed by atoms with Crippen LogP contribution in [0.1, 0.15) is 36.2 Å². The molecule has 0 amide bonds. The number of aryl methyl sites for hydroxylation is 1. The second-order valence-electron chi connectivity index (χ2n) is 8.64. The molecule has 160 valence electrons. The van der Waals surface area contributed by atoms with Gasteiger partial charge in [0.2, 0.25) is 0 Å². The maximum absolute atomic E-state index is 4.75. The van der Waals surface area contributed by atoms with Crippen molar-refractivity contribution < 1.29 is 0 Å². The average Bonchev–Trinajstić information content (AvgIpc) is 3.05. The lowest BCUT2D eigenvalue weighted by Crippen LogP contribution is -2.26. The Kier molecular flexibility index (Phi) is 6.02. The molecule has 2 aliphatic heterocycles. The maximum Gasteiger partial charge on any atom is 0.0870 e. The summed E-state index contributed by atoms with van der Waals surface area (Å²) in [5, 5.41) is 9.22. The van der Waals surface area contributed by atoms with Crippen molar-refractivity contribution in [2.75, 3.05) is 13.1 Å². The minimum absolute atomic E-state index is 0.669. The molecular formula is C29H29N3. The van der Waals surface area contributed by atoms with E-state index in [1.54, 1.807) is 0 Å². The number of nitrogens with one attached hydrogen (secondary N) is 2. The van der Waals surface area contributed by atoms with Crippen LogP contribution in [0.25, 0.3) is 23.1 Å². The summed E-state index contributed by atoms with van der Waals surface area (Å²) in [6, 6.07) is 12.9. The zero-order chi connectivity index (χ0) is 21.8. The van der Waals surface area contributed by atoms with Crippen LogP contribution in [-0.4, -0.2) is 18.1 Å². The molecule has 3 heterocycles. The molecule has 1 aliphatic carbocycles. The predicted molar refractivity (Wildman–Crippen MR) is 134 cm³/mol. The highest BCUT2D eigenvalue weighted by molar-refractivity contribution is 5.91. The molecule has 3 nitrogen and oxygen atoms in total. The lowest BCUT2D eigenvalue weighted by molar-refractivity contribution is 0.436. The van der Waals surface area contributed by atoms with E-state index >= 15 is 0 Å². The summed E-state index contributed by atoms with van der Waals surface area (Å²) in [6.45, 7) is 4.27. The second kappa shape index (κ2) is 9.40. The third-order valence-electron chi connectivity index (χ3n) is 6.30. The number of piperidine rings is 1. The first kappa shape index (κ1) is 20.5. The third-order valence-corrected chi connectivity index (χ3v) is 6.30. The van der Waals surface area contributed by atoms with Crippen LogP contribution in [-0.2, 0) is 0 Å². The van der Waals surface area contributed by atoms with Crippen LogP contribution in [0.2, 0.25) is 0 Å². The van der Waals surface area contributed by atoms with Crippen molar-refractivity contribution in [1.29, 1.82) is 0 Å². The summed E-state index contributed by atoms with van der Waals surface area (Å²) in [4.78, 5) is 4.75. The van der Waals surface area contributed by atoms with Crippen molar-refractivity contribution in [2.24, 2.45) is 5.92 Å². The van der Waals surface area contributed by atoms with Crippen LogP contribution < -0.4 is 21.1 Å². The Morgan fingerprint density at radius 2 is 2.03 bits per heavy atom. The van der Waals surface area contributed by atoms with Crippen molar-refractivity contribution in [3.8, 4) is 0 Å². The number of hydrogen-bond donors (Lipinski definition) is 2. The van der Waals surface area contributed by atoms with Gasteiger partial charge in [0.05, 0.1) is 11.4 Å². The van der Waals surface area contributed by atoms with Gasteiger partial charge in [0.1, 0.15) is 0 Å². The highest BCUT2D eigenvalue weighted by atomic mass is 14.9. The Labute approximate surface area is 190 Å². The molecule has 0 radical (unpaired) electrons. The fraction of sp³-hybridized carbons (Fsp3) is 0.241. The first-order chi connectivity index (χ1) is 15.8. The maximum atomic E-state index is 4.75. The molecule has 0 spiro atoms. The topological polar surface area (TPSA) is 37.0 Å². The largest absolute Gasteiger partial charge is 0.360 e. The van der Waals surface area contributed by atoms with Crippen molar-refractivity contribution in [3.63, 3.8) is 0 Å². The zero-order valence-corrected chi connectivity index (χ0v) is 18.6. The number of rotatable bonds is 4. The smallest absolute Gasteiger partial charge is 0.0870 e. The number of nitrogens with zero attached hydrogens (tertiary/aromatic N) is 1. The van der Waals surface area contributed by atoms with Gasteiger partial charge in [0.25, 0.3) is 0 Å². The van der Waals surface area contributed by atoms with Crippen molar-refractivity contribution in [1.82, 2.24) is 15.6 Å². The number of dihydropyridines is 1. The first-order valence-electron chi connectivity index (χ1n) is 11.5. The number of hydrogen-bond acceptors (Lipinski definition) is 3. The van der Waals surface area contributed by atoms with Crippen LogP contribution in [0.4, 0.5) is 0 Å². The molecule has 0 atom stereocenters. The molecule has 3 heteroatoms. The van der Waals surface area contributed by atoms with E-state index in [0.717, 1.165) is 41.8 Å². The monoisotopic (exact) mass is 419 g/mol. The van der Waals surface area contributed by atoms with Gasteiger partial charge in [-0.25, -0.2) is 0 Å². The van der Waals surface area contributed by atoms with E-state index in [-0.39, 0.29) is 0 Å². The Bertz CT molecular complexity index is 1290. The van der Waals surface area contributed by atoms with Crippen molar-refractivity contribution in [3.05, 3.63) is 106 Å². The molecule has 0 saturated carbocycles. The lowest BCUT2D eigenvalue weighted by atomic mass is 9.95. The SMILES string of the molecule is Cc1cccc(C2=C(c3ccc4c(c3)=CC(/C=C/C3CCNCC3)=CC=C=4)CC=CN2)n1. The van der Waals surface area contributed by atoms with Gasteiger partial charge < -0.3 is 10.6 Å². The highest BCUT2D eigenvalue weighted by Crippen LogP contribution is 2.28. The molecule has 0 bridgehead atoms.